The highest BCUT2D eigenvalue weighted by molar-refractivity contribution is 7.98. The largest absolute Gasteiger partial charge is 0.388 e. The highest BCUT2D eigenvalue weighted by Gasteiger charge is 2.42. The number of hydrogen-bond acceptors (Lipinski definition) is 7. The average molecular weight is 296 g/mol. The molecule has 108 valence electrons. The molecule has 2 aromatic heterocycles. The van der Waals surface area contributed by atoms with Crippen molar-refractivity contribution in [1.82, 2.24) is 14.5 Å². The fourth-order valence-electron chi connectivity index (χ4n) is 2.48. The molecule has 1 fully saturated rings. The number of aromatic nitrogens is 3. The number of anilines is 1. The Labute approximate surface area is 119 Å². The third kappa shape index (κ3) is 1.87. The average Bonchev–Trinajstić information content (AvgIpc) is 2.93. The number of ether oxygens (including phenoxy) is 1. The van der Waals surface area contributed by atoms with Crippen LogP contribution in [0.2, 0.25) is 0 Å². The molecule has 0 amide bonds. The van der Waals surface area contributed by atoms with Crippen molar-refractivity contribution in [3.63, 3.8) is 0 Å². The van der Waals surface area contributed by atoms with E-state index in [9.17, 15) is 10.2 Å². The van der Waals surface area contributed by atoms with Crippen molar-refractivity contribution in [2.45, 2.75) is 36.4 Å². The molecule has 0 bridgehead atoms. The van der Waals surface area contributed by atoms with Crippen molar-refractivity contribution in [1.29, 1.82) is 0 Å². The van der Waals surface area contributed by atoms with Crippen molar-refractivity contribution in [3.8, 4) is 0 Å². The molecule has 4 N–H and O–H groups in total. The molecule has 1 aliphatic heterocycles. The number of nitrogens with two attached hydrogens (primary N) is 1. The summed E-state index contributed by atoms with van der Waals surface area (Å²) in [4.78, 5) is 9.12. The van der Waals surface area contributed by atoms with Crippen LogP contribution in [0.15, 0.2) is 17.4 Å². The van der Waals surface area contributed by atoms with Crippen LogP contribution in [0.5, 0.6) is 0 Å². The standard InChI is InChI=1S/C12H16N4O3S/c1-5-8(17)9(18)12(19-5)16-3-6(20-2)7-10(13)14-4-15-11(7)16/h3-5,8-9,12,17-18H,1-2H3,(H2,13,14,15)/t5-,8-,9-,12?/m1/s1. The lowest BCUT2D eigenvalue weighted by Gasteiger charge is -2.17. The van der Waals surface area contributed by atoms with Crippen LogP contribution in [0.1, 0.15) is 13.2 Å². The van der Waals surface area contributed by atoms with Gasteiger partial charge in [0.25, 0.3) is 0 Å². The van der Waals surface area contributed by atoms with Gasteiger partial charge in [0.1, 0.15) is 30.0 Å². The number of thioether (sulfide) groups is 1. The second kappa shape index (κ2) is 4.88. The minimum Gasteiger partial charge on any atom is -0.388 e. The summed E-state index contributed by atoms with van der Waals surface area (Å²) in [7, 11) is 0. The van der Waals surface area contributed by atoms with Crippen molar-refractivity contribution < 1.29 is 14.9 Å². The smallest absolute Gasteiger partial charge is 0.164 e. The fourth-order valence-corrected chi connectivity index (χ4v) is 3.10. The summed E-state index contributed by atoms with van der Waals surface area (Å²) in [5.41, 5.74) is 6.49. The first-order valence-corrected chi connectivity index (χ1v) is 7.43. The maximum atomic E-state index is 10.1. The molecule has 1 aliphatic rings. The van der Waals surface area contributed by atoms with Gasteiger partial charge in [-0.2, -0.15) is 0 Å². The Morgan fingerprint density at radius 2 is 2.10 bits per heavy atom. The van der Waals surface area contributed by atoms with Gasteiger partial charge in [0.2, 0.25) is 0 Å². The molecule has 0 saturated carbocycles. The van der Waals surface area contributed by atoms with Gasteiger partial charge in [-0.3, -0.25) is 0 Å². The molecule has 0 spiro atoms. The Bertz CT molecular complexity index is 647. The summed E-state index contributed by atoms with van der Waals surface area (Å²) in [6.45, 7) is 1.72. The molecular formula is C12H16N4O3S. The van der Waals surface area contributed by atoms with Gasteiger partial charge >= 0.3 is 0 Å². The van der Waals surface area contributed by atoms with Crippen molar-refractivity contribution in [2.75, 3.05) is 12.0 Å². The van der Waals surface area contributed by atoms with E-state index in [1.165, 1.54) is 18.1 Å². The number of nitrogen functional groups attached to an aromatic ring is 1. The van der Waals surface area contributed by atoms with Crippen LogP contribution < -0.4 is 5.73 Å². The van der Waals surface area contributed by atoms with E-state index in [0.29, 0.717) is 11.5 Å². The molecule has 7 nitrogen and oxygen atoms in total. The van der Waals surface area contributed by atoms with Crippen LogP contribution in [0, 0.1) is 0 Å². The van der Waals surface area contributed by atoms with Crippen LogP contribution in [-0.4, -0.2) is 49.3 Å². The van der Waals surface area contributed by atoms with Crippen molar-refractivity contribution in [2.24, 2.45) is 0 Å². The molecule has 8 heteroatoms. The van der Waals surface area contributed by atoms with Gasteiger partial charge in [-0.1, -0.05) is 0 Å². The molecule has 0 aromatic carbocycles. The lowest BCUT2D eigenvalue weighted by atomic mass is 10.1. The van der Waals surface area contributed by atoms with Crippen LogP contribution in [0.25, 0.3) is 11.0 Å². The van der Waals surface area contributed by atoms with Gasteiger partial charge in [-0.25, -0.2) is 9.97 Å². The van der Waals surface area contributed by atoms with E-state index < -0.39 is 24.5 Å². The van der Waals surface area contributed by atoms with E-state index in [4.69, 9.17) is 10.5 Å². The van der Waals surface area contributed by atoms with Gasteiger partial charge in [0, 0.05) is 11.1 Å². The maximum absolute atomic E-state index is 10.1. The molecule has 3 rings (SSSR count). The molecular weight excluding hydrogens is 280 g/mol. The quantitative estimate of drug-likeness (QED) is 0.687. The zero-order valence-corrected chi connectivity index (χ0v) is 11.9. The van der Waals surface area contributed by atoms with E-state index in [2.05, 4.69) is 9.97 Å². The Hall–Kier alpha value is -1.35. The molecule has 1 saturated heterocycles. The van der Waals surface area contributed by atoms with E-state index in [1.807, 2.05) is 12.5 Å². The lowest BCUT2D eigenvalue weighted by Crippen LogP contribution is -2.30. The summed E-state index contributed by atoms with van der Waals surface area (Å²) >= 11 is 1.51. The van der Waals surface area contributed by atoms with Crippen molar-refractivity contribution in [3.05, 3.63) is 12.5 Å². The maximum Gasteiger partial charge on any atom is 0.164 e. The van der Waals surface area contributed by atoms with E-state index >= 15 is 0 Å². The van der Waals surface area contributed by atoms with E-state index in [0.717, 1.165) is 10.3 Å². The van der Waals surface area contributed by atoms with Crippen LogP contribution in [0.4, 0.5) is 5.82 Å². The highest BCUT2D eigenvalue weighted by Crippen LogP contribution is 2.36. The van der Waals surface area contributed by atoms with Crippen molar-refractivity contribution >= 4 is 28.6 Å². The zero-order chi connectivity index (χ0) is 14.4. The van der Waals surface area contributed by atoms with Gasteiger partial charge in [0.05, 0.1) is 11.5 Å². The normalized spacial score (nSPS) is 30.2. The number of nitrogens with zero attached hydrogens (tertiary/aromatic N) is 3. The predicted octanol–water partition coefficient (Wildman–Crippen LogP) is 0.375. The van der Waals surface area contributed by atoms with Gasteiger partial charge in [-0.15, -0.1) is 11.8 Å². The summed E-state index contributed by atoms with van der Waals surface area (Å²) in [6.07, 6.45) is 2.07. The summed E-state index contributed by atoms with van der Waals surface area (Å²) in [6, 6.07) is 0. The summed E-state index contributed by atoms with van der Waals surface area (Å²) < 4.78 is 7.34. The number of aliphatic hydroxyl groups is 2. The number of aliphatic hydroxyl groups excluding tert-OH is 2. The summed E-state index contributed by atoms with van der Waals surface area (Å²) in [5.74, 6) is 0.388. The first kappa shape index (κ1) is 13.6. The lowest BCUT2D eigenvalue weighted by molar-refractivity contribution is -0.0298. The topological polar surface area (TPSA) is 106 Å². The number of fused-ring (bicyclic) bond motifs is 1. The Morgan fingerprint density at radius 1 is 1.35 bits per heavy atom. The second-order valence-electron chi connectivity index (χ2n) is 4.78. The Morgan fingerprint density at radius 3 is 2.70 bits per heavy atom. The van der Waals surface area contributed by atoms with Gasteiger partial charge in [-0.05, 0) is 13.2 Å². The minimum absolute atomic E-state index is 0.388. The summed E-state index contributed by atoms with van der Waals surface area (Å²) in [5, 5.41) is 20.7. The van der Waals surface area contributed by atoms with E-state index in [-0.39, 0.29) is 0 Å². The monoisotopic (exact) mass is 296 g/mol. The molecule has 2 aromatic rings. The number of rotatable bonds is 2. The highest BCUT2D eigenvalue weighted by atomic mass is 32.2. The Kier molecular flexibility index (Phi) is 3.33. The number of hydrogen-bond donors (Lipinski definition) is 3. The third-order valence-electron chi connectivity index (χ3n) is 3.58. The molecule has 3 heterocycles. The first-order chi connectivity index (χ1) is 9.54. The second-order valence-corrected chi connectivity index (χ2v) is 5.62. The SMILES string of the molecule is CSc1cn(C2O[C@H](C)[C@@H](O)[C@H]2O)c2ncnc(N)c12. The first-order valence-electron chi connectivity index (χ1n) is 6.21. The zero-order valence-electron chi connectivity index (χ0n) is 11.1. The Balaban J connectivity index is 2.16. The molecule has 1 unspecified atom stereocenters. The van der Waals surface area contributed by atoms with Crippen LogP contribution in [-0.2, 0) is 4.74 Å². The minimum atomic E-state index is -1.01. The third-order valence-corrected chi connectivity index (χ3v) is 4.32. The van der Waals surface area contributed by atoms with Crippen LogP contribution in [0.3, 0.4) is 0 Å². The molecule has 4 atom stereocenters. The molecule has 0 aliphatic carbocycles. The predicted molar refractivity (Wildman–Crippen MR) is 75.3 cm³/mol. The van der Waals surface area contributed by atoms with Crippen LogP contribution >= 0.6 is 11.8 Å². The fraction of sp³-hybridized carbons (Fsp3) is 0.500. The van der Waals surface area contributed by atoms with Gasteiger partial charge < -0.3 is 25.3 Å². The van der Waals surface area contributed by atoms with E-state index in [1.54, 1.807) is 11.5 Å². The van der Waals surface area contributed by atoms with Gasteiger partial charge in [0.15, 0.2) is 6.23 Å². The molecule has 0 radical (unpaired) electrons. The molecule has 20 heavy (non-hydrogen) atoms.